The Morgan fingerprint density at radius 3 is 2.25 bits per heavy atom. The van der Waals surface area contributed by atoms with Crippen LogP contribution in [-0.2, 0) is 10.3 Å². The molecule has 1 aliphatic carbocycles. The number of rotatable bonds is 8. The summed E-state index contributed by atoms with van der Waals surface area (Å²) in [4.78, 5) is 41.8. The number of carbonyl (C=O) groups excluding carboxylic acids is 3. The third-order valence-electron chi connectivity index (χ3n) is 7.26. The van der Waals surface area contributed by atoms with Crippen molar-refractivity contribution in [2.45, 2.75) is 44.2 Å². The molecule has 0 aliphatic heterocycles. The average molecular weight is 539 g/mol. The number of benzene rings is 2. The first-order valence-corrected chi connectivity index (χ1v) is 12.9. The van der Waals surface area contributed by atoms with Gasteiger partial charge >= 0.3 is 6.09 Å². The summed E-state index contributed by atoms with van der Waals surface area (Å²) >= 11 is 0. The van der Waals surface area contributed by atoms with Crippen LogP contribution < -0.4 is 16.8 Å². The molecule has 10 heteroatoms. The molecule has 3 amide bonds. The number of alkyl carbamates (subject to hydrolysis) is 1. The number of ether oxygens (including phenoxy) is 1. The lowest BCUT2D eigenvalue weighted by molar-refractivity contribution is 0.0541. The molecule has 1 aliphatic rings. The summed E-state index contributed by atoms with van der Waals surface area (Å²) in [7, 11) is 0. The van der Waals surface area contributed by atoms with Gasteiger partial charge in [-0.2, -0.15) is 5.10 Å². The number of amides is 3. The van der Waals surface area contributed by atoms with Gasteiger partial charge in [-0.15, -0.1) is 0 Å². The Hall–Kier alpha value is -4.99. The predicted molar refractivity (Wildman–Crippen MR) is 150 cm³/mol. The lowest BCUT2D eigenvalue weighted by Crippen LogP contribution is -2.52. The molecule has 0 bridgehead atoms. The van der Waals surface area contributed by atoms with Gasteiger partial charge in [-0.1, -0.05) is 61.2 Å². The van der Waals surface area contributed by atoms with E-state index in [1.165, 1.54) is 10.6 Å². The number of primary amides is 2. The maximum Gasteiger partial charge on any atom is 0.408 e. The first kappa shape index (κ1) is 26.6. The van der Waals surface area contributed by atoms with E-state index in [2.05, 4.69) is 17.0 Å². The fraction of sp³-hybridized carbons (Fsp3) is 0.233. The molecule has 0 saturated heterocycles. The fourth-order valence-electron chi connectivity index (χ4n) is 4.84. The maximum atomic E-state index is 12.7. The van der Waals surface area contributed by atoms with E-state index in [1.807, 2.05) is 54.6 Å². The summed E-state index contributed by atoms with van der Waals surface area (Å²) in [6, 6.07) is 18.3. The van der Waals surface area contributed by atoms with E-state index in [9.17, 15) is 14.4 Å². The monoisotopic (exact) mass is 538 g/mol. The van der Waals surface area contributed by atoms with Crippen molar-refractivity contribution >= 4 is 23.6 Å². The third kappa shape index (κ3) is 4.79. The van der Waals surface area contributed by atoms with E-state index in [0.29, 0.717) is 11.4 Å². The Labute approximate surface area is 231 Å². The quantitative estimate of drug-likeness (QED) is 0.284. The number of aromatic nitrogens is 3. The Bertz CT molecular complexity index is 1640. The second kappa shape index (κ2) is 9.96. The minimum absolute atomic E-state index is 0.0300. The SMILES string of the molecule is C=CC(C)(C)OC(=O)NC1(c2ccc(-c3nc4c(C(N)=O)cc(C(N)=O)nn4c3-c3ccccc3)cc2)CCC1. The molecule has 10 nitrogen and oxygen atoms in total. The number of hydrogen-bond donors (Lipinski definition) is 3. The van der Waals surface area contributed by atoms with Crippen LogP contribution in [0.25, 0.3) is 28.2 Å². The number of fused-ring (bicyclic) bond motifs is 1. The summed E-state index contributed by atoms with van der Waals surface area (Å²) in [5.74, 6) is -1.55. The van der Waals surface area contributed by atoms with Gasteiger partial charge in [-0.05, 0) is 50.8 Å². The number of nitrogens with two attached hydrogens (primary N) is 2. The van der Waals surface area contributed by atoms with Gasteiger partial charge in [0.2, 0.25) is 0 Å². The van der Waals surface area contributed by atoms with Crippen molar-refractivity contribution in [3.63, 3.8) is 0 Å². The Morgan fingerprint density at radius 2 is 1.70 bits per heavy atom. The molecule has 0 spiro atoms. The number of nitrogens with zero attached hydrogens (tertiary/aromatic N) is 3. The molecule has 0 atom stereocenters. The molecular formula is C30H30N6O4. The number of nitrogens with one attached hydrogen (secondary N) is 1. The zero-order valence-corrected chi connectivity index (χ0v) is 22.3. The van der Waals surface area contributed by atoms with Crippen molar-refractivity contribution < 1.29 is 19.1 Å². The molecule has 1 saturated carbocycles. The minimum Gasteiger partial charge on any atom is -0.439 e. The van der Waals surface area contributed by atoms with Crippen molar-refractivity contribution in [3.8, 4) is 22.5 Å². The summed E-state index contributed by atoms with van der Waals surface area (Å²) in [6.07, 6.45) is 3.61. The van der Waals surface area contributed by atoms with Crippen LogP contribution in [0.5, 0.6) is 0 Å². The van der Waals surface area contributed by atoms with E-state index in [-0.39, 0.29) is 16.9 Å². The Kier molecular flexibility index (Phi) is 6.62. The Balaban J connectivity index is 1.60. The molecule has 4 aromatic rings. The molecule has 5 N–H and O–H groups in total. The Morgan fingerprint density at radius 1 is 1.02 bits per heavy atom. The first-order valence-electron chi connectivity index (χ1n) is 12.9. The number of carbonyl (C=O) groups is 3. The average Bonchev–Trinajstić information content (AvgIpc) is 3.30. The van der Waals surface area contributed by atoms with Gasteiger partial charge in [0.15, 0.2) is 5.65 Å². The van der Waals surface area contributed by atoms with E-state index >= 15 is 0 Å². The highest BCUT2D eigenvalue weighted by atomic mass is 16.6. The van der Waals surface area contributed by atoms with E-state index < -0.39 is 29.0 Å². The van der Waals surface area contributed by atoms with Crippen LogP contribution in [-0.4, -0.2) is 38.1 Å². The molecule has 1 fully saturated rings. The fourth-order valence-corrected chi connectivity index (χ4v) is 4.84. The lowest BCUT2D eigenvalue weighted by atomic mass is 9.71. The molecule has 40 heavy (non-hydrogen) atoms. The second-order valence-electron chi connectivity index (χ2n) is 10.4. The van der Waals surface area contributed by atoms with E-state index in [4.69, 9.17) is 21.2 Å². The zero-order chi connectivity index (χ0) is 28.7. The van der Waals surface area contributed by atoms with Crippen LogP contribution in [0, 0.1) is 0 Å². The van der Waals surface area contributed by atoms with Gasteiger partial charge < -0.3 is 21.5 Å². The maximum absolute atomic E-state index is 12.7. The highest BCUT2D eigenvalue weighted by Gasteiger charge is 2.41. The van der Waals surface area contributed by atoms with Crippen LogP contribution in [0.3, 0.4) is 0 Å². The van der Waals surface area contributed by atoms with Crippen molar-refractivity contribution in [2.75, 3.05) is 0 Å². The van der Waals surface area contributed by atoms with E-state index in [1.54, 1.807) is 19.9 Å². The molecule has 2 heterocycles. The summed E-state index contributed by atoms with van der Waals surface area (Å²) in [6.45, 7) is 7.26. The van der Waals surface area contributed by atoms with Gasteiger partial charge in [-0.25, -0.2) is 14.3 Å². The van der Waals surface area contributed by atoms with Gasteiger partial charge in [0, 0.05) is 11.1 Å². The molecule has 2 aromatic carbocycles. The minimum atomic E-state index is -0.795. The van der Waals surface area contributed by atoms with Crippen molar-refractivity contribution in [2.24, 2.45) is 11.5 Å². The van der Waals surface area contributed by atoms with Crippen molar-refractivity contribution in [1.82, 2.24) is 19.9 Å². The van der Waals surface area contributed by atoms with Crippen molar-refractivity contribution in [1.29, 1.82) is 0 Å². The smallest absolute Gasteiger partial charge is 0.408 e. The third-order valence-corrected chi connectivity index (χ3v) is 7.26. The molecule has 2 aromatic heterocycles. The van der Waals surface area contributed by atoms with Gasteiger partial charge in [0.1, 0.15) is 17.0 Å². The topological polar surface area (TPSA) is 155 Å². The summed E-state index contributed by atoms with van der Waals surface area (Å²) in [5.41, 5.74) is 13.5. The first-order chi connectivity index (χ1) is 19.0. The highest BCUT2D eigenvalue weighted by molar-refractivity contribution is 6.02. The lowest BCUT2D eigenvalue weighted by Gasteiger charge is -2.43. The van der Waals surface area contributed by atoms with Crippen LogP contribution in [0.4, 0.5) is 4.79 Å². The number of imidazole rings is 1. The normalized spacial score (nSPS) is 14.2. The molecule has 0 radical (unpaired) electrons. The highest BCUT2D eigenvalue weighted by Crippen LogP contribution is 2.42. The van der Waals surface area contributed by atoms with Crippen LogP contribution in [0.1, 0.15) is 59.5 Å². The summed E-state index contributed by atoms with van der Waals surface area (Å²) in [5, 5.41) is 7.45. The summed E-state index contributed by atoms with van der Waals surface area (Å²) < 4.78 is 6.97. The predicted octanol–water partition coefficient (Wildman–Crippen LogP) is 4.33. The molecule has 5 rings (SSSR count). The zero-order valence-electron chi connectivity index (χ0n) is 22.3. The number of hydrogen-bond acceptors (Lipinski definition) is 6. The van der Waals surface area contributed by atoms with Crippen molar-refractivity contribution in [3.05, 3.63) is 90.1 Å². The molecule has 0 unspecified atom stereocenters. The largest absolute Gasteiger partial charge is 0.439 e. The standard InChI is InChI=1S/C30H30N6O4/c1-4-29(2,3)40-28(39)34-30(15-8-16-30)20-13-11-18(12-14-20)23-24(19-9-6-5-7-10-19)36-27(33-23)21(25(31)37)17-22(35-36)26(32)38/h4-7,9-14,17H,1,8,15-16H2,2-3H3,(H2,31,37)(H2,32,38)(H,34,39). The van der Waals surface area contributed by atoms with Crippen LogP contribution in [0.2, 0.25) is 0 Å². The second-order valence-corrected chi connectivity index (χ2v) is 10.4. The molecule has 204 valence electrons. The van der Waals surface area contributed by atoms with Gasteiger partial charge in [0.05, 0.1) is 16.8 Å². The van der Waals surface area contributed by atoms with E-state index in [0.717, 1.165) is 36.0 Å². The van der Waals surface area contributed by atoms with Crippen LogP contribution >= 0.6 is 0 Å². The van der Waals surface area contributed by atoms with Crippen LogP contribution in [0.15, 0.2) is 73.3 Å². The van der Waals surface area contributed by atoms with Gasteiger partial charge in [-0.3, -0.25) is 9.59 Å². The molecular weight excluding hydrogens is 508 g/mol. The van der Waals surface area contributed by atoms with Gasteiger partial charge in [0.25, 0.3) is 11.8 Å².